The van der Waals surface area contributed by atoms with Crippen LogP contribution in [-0.4, -0.2) is 42.9 Å². The summed E-state index contributed by atoms with van der Waals surface area (Å²) in [6.45, 7) is 12.2. The lowest BCUT2D eigenvalue weighted by Crippen LogP contribution is -2.47. The van der Waals surface area contributed by atoms with E-state index < -0.39 is 18.0 Å². The second kappa shape index (κ2) is 21.7. The molecule has 1 aromatic rings. The fourth-order valence-electron chi connectivity index (χ4n) is 2.58. The van der Waals surface area contributed by atoms with E-state index in [1.54, 1.807) is 12.1 Å². The molecule has 5 amide bonds. The van der Waals surface area contributed by atoms with Crippen molar-refractivity contribution >= 4 is 29.4 Å². The molecule has 1 atom stereocenters. The molecule has 1 unspecified atom stereocenters. The zero-order valence-electron chi connectivity index (χ0n) is 21.8. The minimum Gasteiger partial charge on any atom is -0.352 e. The van der Waals surface area contributed by atoms with Crippen LogP contribution in [0.15, 0.2) is 24.3 Å². The van der Waals surface area contributed by atoms with Crippen LogP contribution in [0, 0.1) is 0 Å². The number of anilines is 1. The molecule has 6 N–H and O–H groups in total. The number of rotatable bonds is 12. The number of primary amides is 1. The number of aryl methyl sites for hydroxylation is 1. The summed E-state index contributed by atoms with van der Waals surface area (Å²) in [5.41, 5.74) is 6.80. The Labute approximate surface area is 205 Å². The minimum absolute atomic E-state index is 0.201. The summed E-state index contributed by atoms with van der Waals surface area (Å²) in [4.78, 5) is 47.1. The Balaban J connectivity index is 0. The maximum atomic E-state index is 12.6. The highest BCUT2D eigenvalue weighted by Gasteiger charge is 2.21. The first kappa shape index (κ1) is 33.1. The first-order valence-corrected chi connectivity index (χ1v) is 12.3. The molecule has 0 fully saturated rings. The number of carbonyl (C=O) groups is 4. The Morgan fingerprint density at radius 1 is 0.912 bits per heavy atom. The number of hydrogen-bond acceptors (Lipinski definition) is 4. The highest BCUT2D eigenvalue weighted by molar-refractivity contribution is 5.97. The molecule has 0 heterocycles. The van der Waals surface area contributed by atoms with Crippen LogP contribution < -0.4 is 27.0 Å². The van der Waals surface area contributed by atoms with Gasteiger partial charge in [-0.25, -0.2) is 4.79 Å². The summed E-state index contributed by atoms with van der Waals surface area (Å²) >= 11 is 0. The Kier molecular flexibility index (Phi) is 21.1. The Bertz CT molecular complexity index is 708. The van der Waals surface area contributed by atoms with Gasteiger partial charge in [0, 0.05) is 18.7 Å². The topological polar surface area (TPSA) is 142 Å². The lowest BCUT2D eigenvalue weighted by atomic mass is 10.1. The summed E-state index contributed by atoms with van der Waals surface area (Å²) in [7, 11) is 0. The van der Waals surface area contributed by atoms with Crippen molar-refractivity contribution in [2.45, 2.75) is 86.1 Å². The van der Waals surface area contributed by atoms with Crippen LogP contribution in [0.25, 0.3) is 0 Å². The molecule has 9 nitrogen and oxygen atoms in total. The van der Waals surface area contributed by atoms with Crippen LogP contribution in [-0.2, 0) is 20.8 Å². The van der Waals surface area contributed by atoms with E-state index in [-0.39, 0.29) is 24.9 Å². The minimum atomic E-state index is -0.814. The van der Waals surface area contributed by atoms with E-state index in [0.717, 1.165) is 12.0 Å². The van der Waals surface area contributed by atoms with Crippen LogP contribution in [0.3, 0.4) is 0 Å². The molecule has 0 aliphatic rings. The normalized spacial score (nSPS) is 10.3. The number of benzene rings is 1. The number of hydrogen-bond donors (Lipinski definition) is 5. The SMILES string of the molecule is CC.CCC.CCCC(=O)NCC(=O)NC(CCCNC(N)=O)C(=O)Nc1ccc(CC)cc1. The van der Waals surface area contributed by atoms with Gasteiger partial charge in [0.25, 0.3) is 0 Å². The van der Waals surface area contributed by atoms with E-state index in [4.69, 9.17) is 5.73 Å². The standard InChI is InChI=1S/C20H31N5O4.C3H8.C2H6/c1-3-6-17(26)23-13-18(27)25-16(7-5-12-22-20(21)29)19(28)24-15-10-8-14(4-2)9-11-15;1-3-2;1-2/h8-11,16H,3-7,12-13H2,1-2H3,(H,23,26)(H,24,28)(H,25,27)(H3,21,22,29);3H2,1-2H3;1-2H3. The van der Waals surface area contributed by atoms with Gasteiger partial charge in [0.2, 0.25) is 17.7 Å². The van der Waals surface area contributed by atoms with Gasteiger partial charge in [0.05, 0.1) is 6.54 Å². The van der Waals surface area contributed by atoms with Gasteiger partial charge < -0.3 is 27.0 Å². The third-order valence-electron chi connectivity index (χ3n) is 4.17. The molecule has 1 aromatic carbocycles. The second-order valence-electron chi connectivity index (χ2n) is 7.33. The van der Waals surface area contributed by atoms with Gasteiger partial charge >= 0.3 is 6.03 Å². The molecule has 9 heteroatoms. The van der Waals surface area contributed by atoms with E-state index in [1.807, 2.05) is 39.8 Å². The predicted molar refractivity (Wildman–Crippen MR) is 138 cm³/mol. The molecular weight excluding hydrogens is 434 g/mol. The van der Waals surface area contributed by atoms with E-state index in [2.05, 4.69) is 35.1 Å². The lowest BCUT2D eigenvalue weighted by molar-refractivity contribution is -0.128. The second-order valence-corrected chi connectivity index (χ2v) is 7.33. The monoisotopic (exact) mass is 479 g/mol. The molecule has 0 bridgehead atoms. The van der Waals surface area contributed by atoms with Crippen LogP contribution in [0.4, 0.5) is 10.5 Å². The molecule has 0 saturated carbocycles. The third-order valence-corrected chi connectivity index (χ3v) is 4.17. The number of carbonyl (C=O) groups excluding carboxylic acids is 4. The van der Waals surface area contributed by atoms with Gasteiger partial charge in [-0.1, -0.05) is 60.1 Å². The molecule has 1 rings (SSSR count). The Morgan fingerprint density at radius 3 is 2.00 bits per heavy atom. The summed E-state index contributed by atoms with van der Waals surface area (Å²) in [6, 6.07) is 5.98. The van der Waals surface area contributed by atoms with Gasteiger partial charge in [-0.15, -0.1) is 0 Å². The van der Waals surface area contributed by atoms with Crippen LogP contribution in [0.2, 0.25) is 0 Å². The summed E-state index contributed by atoms with van der Waals surface area (Å²) in [5.74, 6) is -1.05. The van der Waals surface area contributed by atoms with Gasteiger partial charge in [0.15, 0.2) is 0 Å². The lowest BCUT2D eigenvalue weighted by Gasteiger charge is -2.19. The van der Waals surface area contributed by atoms with Crippen LogP contribution >= 0.6 is 0 Å². The van der Waals surface area contributed by atoms with Gasteiger partial charge in [0.1, 0.15) is 6.04 Å². The largest absolute Gasteiger partial charge is 0.352 e. The van der Waals surface area contributed by atoms with E-state index in [9.17, 15) is 19.2 Å². The molecule has 0 aliphatic heterocycles. The first-order valence-electron chi connectivity index (χ1n) is 12.3. The van der Waals surface area contributed by atoms with Crippen LogP contribution in [0.1, 0.15) is 79.2 Å². The molecule has 0 saturated heterocycles. The van der Waals surface area contributed by atoms with Gasteiger partial charge in [-0.05, 0) is 43.4 Å². The van der Waals surface area contributed by atoms with Crippen molar-refractivity contribution in [3.63, 3.8) is 0 Å². The van der Waals surface area contributed by atoms with Crippen molar-refractivity contribution in [2.75, 3.05) is 18.4 Å². The van der Waals surface area contributed by atoms with Crippen molar-refractivity contribution in [1.29, 1.82) is 0 Å². The Hall–Kier alpha value is -3.10. The van der Waals surface area contributed by atoms with E-state index in [1.165, 1.54) is 6.42 Å². The zero-order chi connectivity index (χ0) is 26.4. The number of nitrogens with two attached hydrogens (primary N) is 1. The van der Waals surface area contributed by atoms with Crippen molar-refractivity contribution in [3.05, 3.63) is 29.8 Å². The van der Waals surface area contributed by atoms with Crippen LogP contribution in [0.5, 0.6) is 0 Å². The van der Waals surface area contributed by atoms with Crippen molar-refractivity contribution < 1.29 is 19.2 Å². The number of nitrogens with one attached hydrogen (secondary N) is 4. The first-order chi connectivity index (χ1) is 16.3. The van der Waals surface area contributed by atoms with E-state index in [0.29, 0.717) is 31.4 Å². The molecule has 34 heavy (non-hydrogen) atoms. The Morgan fingerprint density at radius 2 is 1.50 bits per heavy atom. The molecule has 0 aliphatic carbocycles. The quantitative estimate of drug-likeness (QED) is 0.292. The maximum Gasteiger partial charge on any atom is 0.312 e. The summed E-state index contributed by atoms with van der Waals surface area (Å²) in [6.07, 6.45) is 3.90. The molecule has 194 valence electrons. The maximum absolute atomic E-state index is 12.6. The highest BCUT2D eigenvalue weighted by atomic mass is 16.2. The average Bonchev–Trinajstić information content (AvgIpc) is 2.82. The number of urea groups is 1. The average molecular weight is 480 g/mol. The summed E-state index contributed by atoms with van der Waals surface area (Å²) in [5, 5.41) is 10.4. The van der Waals surface area contributed by atoms with Crippen molar-refractivity contribution in [2.24, 2.45) is 5.73 Å². The molecular formula is C25H45N5O4. The molecule has 0 radical (unpaired) electrons. The molecule has 0 spiro atoms. The fourth-order valence-corrected chi connectivity index (χ4v) is 2.58. The van der Waals surface area contributed by atoms with Crippen molar-refractivity contribution in [1.82, 2.24) is 16.0 Å². The predicted octanol–water partition coefficient (Wildman–Crippen LogP) is 3.48. The smallest absolute Gasteiger partial charge is 0.312 e. The molecule has 0 aromatic heterocycles. The summed E-state index contributed by atoms with van der Waals surface area (Å²) < 4.78 is 0. The van der Waals surface area contributed by atoms with Gasteiger partial charge in [-0.2, -0.15) is 0 Å². The fraction of sp³-hybridized carbons (Fsp3) is 0.600. The van der Waals surface area contributed by atoms with E-state index >= 15 is 0 Å². The third kappa shape index (κ3) is 17.5. The van der Waals surface area contributed by atoms with Crippen molar-refractivity contribution in [3.8, 4) is 0 Å². The van der Waals surface area contributed by atoms with Gasteiger partial charge in [-0.3, -0.25) is 14.4 Å². The highest BCUT2D eigenvalue weighted by Crippen LogP contribution is 2.11. The zero-order valence-corrected chi connectivity index (χ0v) is 21.8. The number of amides is 5.